The van der Waals surface area contributed by atoms with Gasteiger partial charge in [-0.05, 0) is 25.2 Å². The smallest absolute Gasteiger partial charge is 0.336 e. The van der Waals surface area contributed by atoms with Crippen LogP contribution in [0, 0.1) is 0 Å². The van der Waals surface area contributed by atoms with Gasteiger partial charge in [0.05, 0.1) is 5.56 Å². The summed E-state index contributed by atoms with van der Waals surface area (Å²) in [6, 6.07) is 6.66. The summed E-state index contributed by atoms with van der Waals surface area (Å²) < 4.78 is 5.94. The minimum absolute atomic E-state index is 0.238. The number of para-hydroxylation sites is 1. The largest absolute Gasteiger partial charge is 0.483 e. The summed E-state index contributed by atoms with van der Waals surface area (Å²) >= 11 is 0. The van der Waals surface area contributed by atoms with Gasteiger partial charge < -0.3 is 20.9 Å². The van der Waals surface area contributed by atoms with E-state index in [1.54, 1.807) is 24.3 Å². The Bertz CT molecular complexity index is 580. The molecular formula is C14H16N2O4. The zero-order valence-electron chi connectivity index (χ0n) is 10.9. The van der Waals surface area contributed by atoms with Crippen molar-refractivity contribution in [2.75, 3.05) is 13.1 Å². The van der Waals surface area contributed by atoms with Crippen LogP contribution in [0.25, 0.3) is 0 Å². The lowest BCUT2D eigenvalue weighted by Gasteiger charge is -2.49. The highest BCUT2D eigenvalue weighted by Gasteiger charge is 2.64. The maximum absolute atomic E-state index is 12.6. The predicted molar refractivity (Wildman–Crippen MR) is 70.8 cm³/mol. The summed E-state index contributed by atoms with van der Waals surface area (Å²) in [5, 5.41) is 12.7. The second-order valence-corrected chi connectivity index (χ2v) is 5.28. The van der Waals surface area contributed by atoms with Gasteiger partial charge in [0.2, 0.25) is 11.3 Å². The van der Waals surface area contributed by atoms with Crippen LogP contribution in [-0.4, -0.2) is 41.1 Å². The van der Waals surface area contributed by atoms with Gasteiger partial charge in [0.1, 0.15) is 11.4 Å². The van der Waals surface area contributed by atoms with Crippen molar-refractivity contribution in [1.82, 2.24) is 5.32 Å². The second kappa shape index (κ2) is 4.29. The van der Waals surface area contributed by atoms with E-state index in [2.05, 4.69) is 5.32 Å². The number of nitrogens with one attached hydrogen (secondary N) is 1. The summed E-state index contributed by atoms with van der Waals surface area (Å²) in [5.41, 5.74) is 3.08. The number of fused-ring (bicyclic) bond motifs is 1. The third-order valence-corrected chi connectivity index (χ3v) is 4.26. The molecule has 1 spiro atoms. The number of Topliss-reactive ketones (excluding diaryl/α,β-unsaturated/α-hetero) is 1. The van der Waals surface area contributed by atoms with Crippen LogP contribution in [0.15, 0.2) is 24.3 Å². The Labute approximate surface area is 115 Å². The van der Waals surface area contributed by atoms with Crippen molar-refractivity contribution in [3.05, 3.63) is 29.8 Å². The van der Waals surface area contributed by atoms with Crippen LogP contribution < -0.4 is 15.8 Å². The predicted octanol–water partition coefficient (Wildman–Crippen LogP) is 0.166. The van der Waals surface area contributed by atoms with Crippen molar-refractivity contribution in [3.63, 3.8) is 0 Å². The normalized spacial score (nSPS) is 27.8. The van der Waals surface area contributed by atoms with Gasteiger partial charge in [-0.15, -0.1) is 0 Å². The molecule has 1 aromatic carbocycles. The van der Waals surface area contributed by atoms with E-state index in [0.717, 1.165) is 0 Å². The molecule has 1 saturated heterocycles. The SMILES string of the molecule is NC1(C(=O)O)C(=O)c2ccccc2OC12CCNCC2. The molecule has 1 aromatic rings. The molecule has 106 valence electrons. The van der Waals surface area contributed by atoms with Crippen molar-refractivity contribution in [2.24, 2.45) is 5.73 Å². The number of ether oxygens (including phenoxy) is 1. The number of ketones is 1. The van der Waals surface area contributed by atoms with Crippen LogP contribution in [0.1, 0.15) is 23.2 Å². The van der Waals surface area contributed by atoms with Crippen molar-refractivity contribution in [1.29, 1.82) is 0 Å². The number of aliphatic carboxylic acids is 1. The van der Waals surface area contributed by atoms with E-state index in [-0.39, 0.29) is 5.56 Å². The van der Waals surface area contributed by atoms with Gasteiger partial charge in [0, 0.05) is 12.8 Å². The Morgan fingerprint density at radius 3 is 2.60 bits per heavy atom. The van der Waals surface area contributed by atoms with Crippen LogP contribution >= 0.6 is 0 Å². The first-order valence-corrected chi connectivity index (χ1v) is 6.57. The lowest BCUT2D eigenvalue weighted by molar-refractivity contribution is -0.152. The number of carbonyl (C=O) groups is 2. The van der Waals surface area contributed by atoms with Gasteiger partial charge >= 0.3 is 5.97 Å². The third-order valence-electron chi connectivity index (χ3n) is 4.26. The fraction of sp³-hybridized carbons (Fsp3) is 0.429. The molecule has 0 amide bonds. The molecule has 20 heavy (non-hydrogen) atoms. The molecule has 2 aliphatic heterocycles. The molecular weight excluding hydrogens is 260 g/mol. The Hall–Kier alpha value is -1.92. The van der Waals surface area contributed by atoms with Gasteiger partial charge in [0.25, 0.3) is 0 Å². The molecule has 0 bridgehead atoms. The van der Waals surface area contributed by atoms with Crippen molar-refractivity contribution in [3.8, 4) is 5.75 Å². The highest BCUT2D eigenvalue weighted by molar-refractivity contribution is 6.19. The van der Waals surface area contributed by atoms with E-state index in [9.17, 15) is 14.7 Å². The van der Waals surface area contributed by atoms with E-state index in [1.165, 1.54) is 0 Å². The van der Waals surface area contributed by atoms with E-state index < -0.39 is 22.9 Å². The van der Waals surface area contributed by atoms with E-state index in [0.29, 0.717) is 31.7 Å². The maximum atomic E-state index is 12.6. The summed E-state index contributed by atoms with van der Waals surface area (Å²) in [5.74, 6) is -1.49. The van der Waals surface area contributed by atoms with Gasteiger partial charge in [-0.2, -0.15) is 0 Å². The molecule has 0 saturated carbocycles. The summed E-state index contributed by atoms with van der Waals surface area (Å²) in [7, 11) is 0. The lowest BCUT2D eigenvalue weighted by Crippen LogP contribution is -2.75. The zero-order valence-corrected chi connectivity index (χ0v) is 10.9. The molecule has 4 N–H and O–H groups in total. The number of carboxylic acid groups (broad SMARTS) is 1. The number of carboxylic acids is 1. The highest BCUT2D eigenvalue weighted by Crippen LogP contribution is 2.43. The Morgan fingerprint density at radius 2 is 1.95 bits per heavy atom. The molecule has 6 nitrogen and oxygen atoms in total. The monoisotopic (exact) mass is 276 g/mol. The number of hydrogen-bond donors (Lipinski definition) is 3. The fourth-order valence-electron chi connectivity index (χ4n) is 3.07. The molecule has 2 aliphatic rings. The third kappa shape index (κ3) is 1.52. The maximum Gasteiger partial charge on any atom is 0.336 e. The van der Waals surface area contributed by atoms with Crippen molar-refractivity contribution >= 4 is 11.8 Å². The van der Waals surface area contributed by atoms with Crippen molar-refractivity contribution in [2.45, 2.75) is 24.0 Å². The van der Waals surface area contributed by atoms with E-state index >= 15 is 0 Å². The molecule has 1 atom stereocenters. The molecule has 0 aromatic heterocycles. The first kappa shape index (κ1) is 13.1. The van der Waals surface area contributed by atoms with E-state index in [4.69, 9.17) is 10.5 Å². The zero-order chi connectivity index (χ0) is 14.4. The Morgan fingerprint density at radius 1 is 1.30 bits per heavy atom. The van der Waals surface area contributed by atoms with E-state index in [1.807, 2.05) is 0 Å². The molecule has 0 radical (unpaired) electrons. The van der Waals surface area contributed by atoms with Gasteiger partial charge in [-0.25, -0.2) is 4.79 Å². The number of carbonyl (C=O) groups excluding carboxylic acids is 1. The Kier molecular flexibility index (Phi) is 2.81. The molecule has 0 aliphatic carbocycles. The quantitative estimate of drug-likeness (QED) is 0.632. The number of benzene rings is 1. The summed E-state index contributed by atoms with van der Waals surface area (Å²) in [6.45, 7) is 1.14. The summed E-state index contributed by atoms with van der Waals surface area (Å²) in [4.78, 5) is 24.4. The van der Waals surface area contributed by atoms with Crippen LogP contribution in [-0.2, 0) is 4.79 Å². The number of piperidine rings is 1. The van der Waals surface area contributed by atoms with Crippen LogP contribution in [0.4, 0.5) is 0 Å². The first-order chi connectivity index (χ1) is 9.51. The van der Waals surface area contributed by atoms with Gasteiger partial charge in [0.15, 0.2) is 0 Å². The number of rotatable bonds is 1. The summed E-state index contributed by atoms with van der Waals surface area (Å²) in [6.07, 6.45) is 0.770. The average Bonchev–Trinajstić information content (AvgIpc) is 2.46. The second-order valence-electron chi connectivity index (χ2n) is 5.28. The van der Waals surface area contributed by atoms with Crippen LogP contribution in [0.2, 0.25) is 0 Å². The number of hydrogen-bond acceptors (Lipinski definition) is 5. The average molecular weight is 276 g/mol. The molecule has 1 fully saturated rings. The van der Waals surface area contributed by atoms with Gasteiger partial charge in [-0.1, -0.05) is 12.1 Å². The minimum atomic E-state index is -2.04. The van der Waals surface area contributed by atoms with Crippen LogP contribution in [0.5, 0.6) is 5.75 Å². The standard InChI is InChI=1S/C14H16N2O4/c15-14(12(18)19)11(17)9-3-1-2-4-10(9)20-13(14)5-7-16-8-6-13/h1-4,16H,5-8,15H2,(H,18,19). The highest BCUT2D eigenvalue weighted by atomic mass is 16.5. The first-order valence-electron chi connectivity index (χ1n) is 6.57. The lowest BCUT2D eigenvalue weighted by atomic mass is 9.68. The van der Waals surface area contributed by atoms with Gasteiger partial charge in [-0.3, -0.25) is 4.79 Å². The minimum Gasteiger partial charge on any atom is -0.483 e. The van der Waals surface area contributed by atoms with Crippen molar-refractivity contribution < 1.29 is 19.4 Å². The number of nitrogens with two attached hydrogens (primary N) is 1. The molecule has 1 unspecified atom stereocenters. The van der Waals surface area contributed by atoms with Crippen LogP contribution in [0.3, 0.4) is 0 Å². The molecule has 3 rings (SSSR count). The topological polar surface area (TPSA) is 102 Å². The fourth-order valence-corrected chi connectivity index (χ4v) is 3.07. The Balaban J connectivity index is 2.19. The molecule has 2 heterocycles. The molecule has 6 heteroatoms.